The number of hydrogen-bond acceptors (Lipinski definition) is 6. The Bertz CT molecular complexity index is 1460. The predicted molar refractivity (Wildman–Crippen MR) is 140 cm³/mol. The van der Waals surface area contributed by atoms with Crippen LogP contribution < -0.4 is 15.8 Å². The van der Waals surface area contributed by atoms with E-state index < -0.39 is 0 Å². The van der Waals surface area contributed by atoms with Gasteiger partial charge < -0.3 is 20.7 Å². The number of hydrogen-bond donors (Lipinski definition) is 2. The molecule has 6 heteroatoms. The fourth-order valence-corrected chi connectivity index (χ4v) is 5.03. The van der Waals surface area contributed by atoms with Gasteiger partial charge in [-0.25, -0.2) is 9.97 Å². The Kier molecular flexibility index (Phi) is 5.28. The van der Waals surface area contributed by atoms with Crippen molar-refractivity contribution in [2.75, 3.05) is 31.2 Å². The molecular formula is C29H27N5O. The number of fused-ring (bicyclic) bond motifs is 2. The zero-order chi connectivity index (χ0) is 23.9. The molecular weight excluding hydrogens is 434 g/mol. The number of para-hydroxylation sites is 1. The minimum atomic E-state index is 0.501. The molecule has 6 nitrogen and oxygen atoms in total. The summed E-state index contributed by atoms with van der Waals surface area (Å²) >= 11 is 0. The number of ether oxygens (including phenoxy) is 1. The topological polar surface area (TPSA) is 76.3 Å². The molecule has 6 rings (SSSR count). The molecule has 1 aromatic heterocycles. The van der Waals surface area contributed by atoms with Crippen LogP contribution in [0.5, 0.6) is 11.5 Å². The van der Waals surface area contributed by atoms with Gasteiger partial charge in [-0.15, -0.1) is 0 Å². The van der Waals surface area contributed by atoms with Crippen molar-refractivity contribution >= 4 is 28.1 Å². The molecule has 0 bridgehead atoms. The molecule has 0 radical (unpaired) electrons. The lowest BCUT2D eigenvalue weighted by atomic mass is 10.1. The van der Waals surface area contributed by atoms with Crippen molar-refractivity contribution in [1.82, 2.24) is 14.9 Å². The van der Waals surface area contributed by atoms with E-state index in [1.807, 2.05) is 67.6 Å². The number of anilines is 3. The first-order valence-electron chi connectivity index (χ1n) is 11.9. The summed E-state index contributed by atoms with van der Waals surface area (Å²) < 4.78 is 6.00. The molecule has 3 aromatic carbocycles. The normalized spacial score (nSPS) is 20.7. The van der Waals surface area contributed by atoms with Crippen LogP contribution in [0.3, 0.4) is 0 Å². The van der Waals surface area contributed by atoms with Crippen molar-refractivity contribution < 1.29 is 4.74 Å². The van der Waals surface area contributed by atoms with Gasteiger partial charge in [0.15, 0.2) is 0 Å². The zero-order valence-electron chi connectivity index (χ0n) is 19.8. The van der Waals surface area contributed by atoms with Gasteiger partial charge in [0.05, 0.1) is 5.52 Å². The van der Waals surface area contributed by atoms with Gasteiger partial charge in [-0.3, -0.25) is 0 Å². The van der Waals surface area contributed by atoms with E-state index in [0.29, 0.717) is 17.4 Å². The van der Waals surface area contributed by atoms with Gasteiger partial charge in [-0.2, -0.15) is 0 Å². The Labute approximate surface area is 205 Å². The Morgan fingerprint density at radius 3 is 2.60 bits per heavy atom. The van der Waals surface area contributed by atoms with E-state index in [1.165, 1.54) is 0 Å². The second-order valence-corrected chi connectivity index (χ2v) is 9.54. The SMILES string of the molecule is Cc1cc(Nc2ncnc3cc(C#C[C@H]4[C@H]5CN(C)C[C@@H]45)c(N)cc23)ccc1Oc1ccccc1. The van der Waals surface area contributed by atoms with Gasteiger partial charge in [0.25, 0.3) is 0 Å². The molecule has 0 unspecified atom stereocenters. The lowest BCUT2D eigenvalue weighted by Crippen LogP contribution is -2.18. The van der Waals surface area contributed by atoms with E-state index in [0.717, 1.165) is 64.1 Å². The highest BCUT2D eigenvalue weighted by atomic mass is 16.5. The van der Waals surface area contributed by atoms with Crippen molar-refractivity contribution in [3.05, 3.63) is 78.1 Å². The molecule has 1 aliphatic heterocycles. The van der Waals surface area contributed by atoms with Crippen molar-refractivity contribution in [2.24, 2.45) is 17.8 Å². The number of likely N-dealkylation sites (tertiary alicyclic amines) is 1. The van der Waals surface area contributed by atoms with Crippen LogP contribution in [0, 0.1) is 36.5 Å². The number of aromatic nitrogens is 2. The number of benzene rings is 3. The summed E-state index contributed by atoms with van der Waals surface area (Å²) in [5.74, 6) is 11.1. The van der Waals surface area contributed by atoms with Gasteiger partial charge >= 0.3 is 0 Å². The van der Waals surface area contributed by atoms with Crippen LogP contribution in [-0.2, 0) is 0 Å². The maximum absolute atomic E-state index is 6.40. The average molecular weight is 462 g/mol. The third-order valence-corrected chi connectivity index (χ3v) is 6.97. The van der Waals surface area contributed by atoms with Crippen LogP contribution in [0.15, 0.2) is 67.0 Å². The summed E-state index contributed by atoms with van der Waals surface area (Å²) in [6.45, 7) is 4.33. The van der Waals surface area contributed by atoms with E-state index in [9.17, 15) is 0 Å². The highest BCUT2D eigenvalue weighted by Crippen LogP contribution is 2.50. The van der Waals surface area contributed by atoms with Gasteiger partial charge in [0.2, 0.25) is 0 Å². The summed E-state index contributed by atoms with van der Waals surface area (Å²) in [4.78, 5) is 11.3. The number of aryl methyl sites for hydroxylation is 1. The molecule has 174 valence electrons. The molecule has 35 heavy (non-hydrogen) atoms. The molecule has 3 N–H and O–H groups in total. The summed E-state index contributed by atoms with van der Waals surface area (Å²) in [6, 6.07) is 19.6. The zero-order valence-corrected chi connectivity index (χ0v) is 19.8. The first-order valence-corrected chi connectivity index (χ1v) is 11.9. The van der Waals surface area contributed by atoms with Crippen LogP contribution in [0.2, 0.25) is 0 Å². The Morgan fingerprint density at radius 2 is 1.83 bits per heavy atom. The van der Waals surface area contributed by atoms with E-state index in [2.05, 4.69) is 39.1 Å². The minimum absolute atomic E-state index is 0.501. The second-order valence-electron chi connectivity index (χ2n) is 9.54. The van der Waals surface area contributed by atoms with Crippen LogP contribution in [0.1, 0.15) is 11.1 Å². The fraction of sp³-hybridized carbons (Fsp3) is 0.241. The smallest absolute Gasteiger partial charge is 0.141 e. The number of nitrogen functional groups attached to an aromatic ring is 1. The van der Waals surface area contributed by atoms with Crippen molar-refractivity contribution in [1.29, 1.82) is 0 Å². The molecule has 2 fully saturated rings. The van der Waals surface area contributed by atoms with Gasteiger partial charge in [0, 0.05) is 41.3 Å². The third-order valence-electron chi connectivity index (χ3n) is 6.97. The summed E-state index contributed by atoms with van der Waals surface area (Å²) in [7, 11) is 2.18. The number of piperidine rings is 1. The van der Waals surface area contributed by atoms with E-state index in [4.69, 9.17) is 10.5 Å². The molecule has 0 amide bonds. The Balaban J connectivity index is 1.22. The van der Waals surface area contributed by atoms with Gasteiger partial charge in [-0.1, -0.05) is 30.0 Å². The molecule has 2 heterocycles. The van der Waals surface area contributed by atoms with E-state index in [1.54, 1.807) is 6.33 Å². The maximum atomic E-state index is 6.40. The average Bonchev–Trinajstić information content (AvgIpc) is 3.32. The van der Waals surface area contributed by atoms with Crippen LogP contribution >= 0.6 is 0 Å². The second kappa shape index (κ2) is 8.61. The lowest BCUT2D eigenvalue weighted by molar-refractivity contribution is 0.360. The van der Waals surface area contributed by atoms with E-state index in [-0.39, 0.29) is 0 Å². The van der Waals surface area contributed by atoms with E-state index >= 15 is 0 Å². The standard InChI is InChI=1S/C29H27N5O/c1-18-12-20(9-11-28(18)35-21-6-4-3-5-7-21)33-29-23-14-26(30)19(13-27(23)31-17-32-29)8-10-22-24-15-34(2)16-25(22)24/h3-7,9,11-14,17,22,24-25H,15-16,30H2,1-2H3,(H,31,32,33)/t22-,24+,25-. The molecule has 3 atom stereocenters. The van der Waals surface area contributed by atoms with Crippen LogP contribution in [-0.4, -0.2) is 35.0 Å². The van der Waals surface area contributed by atoms with Crippen molar-refractivity contribution in [3.8, 4) is 23.3 Å². The fourth-order valence-electron chi connectivity index (χ4n) is 5.03. The first kappa shape index (κ1) is 21.5. The largest absolute Gasteiger partial charge is 0.457 e. The summed E-state index contributed by atoms with van der Waals surface area (Å²) in [5.41, 5.74) is 10.6. The number of nitrogens with one attached hydrogen (secondary N) is 1. The minimum Gasteiger partial charge on any atom is -0.457 e. The maximum Gasteiger partial charge on any atom is 0.141 e. The molecule has 1 saturated heterocycles. The quantitative estimate of drug-likeness (QED) is 0.321. The van der Waals surface area contributed by atoms with Gasteiger partial charge in [0.1, 0.15) is 23.6 Å². The Morgan fingerprint density at radius 1 is 1.03 bits per heavy atom. The van der Waals surface area contributed by atoms with Gasteiger partial charge in [-0.05, 0) is 73.8 Å². The number of rotatable bonds is 4. The van der Waals surface area contributed by atoms with Crippen LogP contribution in [0.25, 0.3) is 10.9 Å². The van der Waals surface area contributed by atoms with Crippen molar-refractivity contribution in [2.45, 2.75) is 6.92 Å². The number of nitrogens with zero attached hydrogens (tertiary/aromatic N) is 3. The highest BCUT2D eigenvalue weighted by molar-refractivity contribution is 5.94. The van der Waals surface area contributed by atoms with Crippen LogP contribution in [0.4, 0.5) is 17.2 Å². The third kappa shape index (κ3) is 4.27. The lowest BCUT2D eigenvalue weighted by Gasteiger charge is -2.13. The molecule has 1 saturated carbocycles. The summed E-state index contributed by atoms with van der Waals surface area (Å²) in [6.07, 6.45) is 1.57. The first-order chi connectivity index (χ1) is 17.0. The predicted octanol–water partition coefficient (Wildman–Crippen LogP) is 5.22. The summed E-state index contributed by atoms with van der Waals surface area (Å²) in [5, 5.41) is 4.28. The molecule has 4 aromatic rings. The molecule has 1 aliphatic carbocycles. The monoisotopic (exact) mass is 461 g/mol. The number of nitrogens with two attached hydrogens (primary N) is 1. The van der Waals surface area contributed by atoms with Crippen molar-refractivity contribution in [3.63, 3.8) is 0 Å². The molecule has 0 spiro atoms. The molecule has 2 aliphatic rings. The Hall–Kier alpha value is -4.08. The highest BCUT2D eigenvalue weighted by Gasteiger charge is 2.53.